The van der Waals surface area contributed by atoms with Gasteiger partial charge < -0.3 is 15.4 Å². The number of anilines is 1. The van der Waals surface area contributed by atoms with Gasteiger partial charge in [0.05, 0.1) is 13.2 Å². The van der Waals surface area contributed by atoms with Gasteiger partial charge in [-0.25, -0.2) is 12.8 Å². The number of carbonyl (C=O) groups excluding carboxylic acids is 1. The second-order valence-corrected chi connectivity index (χ2v) is 6.40. The number of halogens is 1. The molecular weight excluding hydrogens is 287 g/mol. The third kappa shape index (κ3) is 3.26. The zero-order valence-corrected chi connectivity index (χ0v) is 11.5. The van der Waals surface area contributed by atoms with Gasteiger partial charge >= 0.3 is 0 Å². The maximum atomic E-state index is 13.6. The number of benzene rings is 1. The van der Waals surface area contributed by atoms with Crippen LogP contribution in [0.15, 0.2) is 23.1 Å². The fraction of sp³-hybridized carbons (Fsp3) is 0.417. The number of hydrogen-bond donors (Lipinski definition) is 1. The zero-order chi connectivity index (χ0) is 14.8. The van der Waals surface area contributed by atoms with Gasteiger partial charge in [0.2, 0.25) is 5.91 Å². The van der Waals surface area contributed by atoms with Crippen LogP contribution in [-0.4, -0.2) is 51.3 Å². The van der Waals surface area contributed by atoms with Gasteiger partial charge in [-0.05, 0) is 18.2 Å². The van der Waals surface area contributed by atoms with Crippen LogP contribution in [-0.2, 0) is 19.4 Å². The van der Waals surface area contributed by atoms with Crippen molar-refractivity contribution in [2.75, 3.05) is 37.8 Å². The summed E-state index contributed by atoms with van der Waals surface area (Å²) in [4.78, 5) is 12.8. The fourth-order valence-electron chi connectivity index (χ4n) is 1.91. The molecule has 0 aliphatic carbocycles. The molecule has 110 valence electrons. The Morgan fingerprint density at radius 2 is 2.00 bits per heavy atom. The molecule has 0 radical (unpaired) electrons. The van der Waals surface area contributed by atoms with Gasteiger partial charge in [-0.1, -0.05) is 0 Å². The standard InChI is InChI=1S/C12H15FN2O4S/c13-10-7-9(14)1-2-11(10)20(17,18)8-12(16)15-3-5-19-6-4-15/h1-2,7H,3-6,8,14H2. The first kappa shape index (κ1) is 14.7. The molecule has 6 nitrogen and oxygen atoms in total. The van der Waals surface area contributed by atoms with E-state index < -0.39 is 32.2 Å². The Bertz CT molecular complexity index is 612. The Kier molecular flexibility index (Phi) is 4.24. The summed E-state index contributed by atoms with van der Waals surface area (Å²) in [5.74, 6) is -2.25. The van der Waals surface area contributed by atoms with Gasteiger partial charge in [0.25, 0.3) is 0 Å². The highest BCUT2D eigenvalue weighted by atomic mass is 32.2. The number of carbonyl (C=O) groups is 1. The molecule has 0 atom stereocenters. The van der Waals surface area contributed by atoms with Crippen molar-refractivity contribution in [2.24, 2.45) is 0 Å². The summed E-state index contributed by atoms with van der Waals surface area (Å²) < 4.78 is 42.8. The average molecular weight is 302 g/mol. The number of hydrogen-bond acceptors (Lipinski definition) is 5. The van der Waals surface area contributed by atoms with E-state index in [4.69, 9.17) is 10.5 Å². The molecule has 1 fully saturated rings. The number of morpholine rings is 1. The molecule has 2 rings (SSSR count). The monoisotopic (exact) mass is 302 g/mol. The molecule has 2 N–H and O–H groups in total. The van der Waals surface area contributed by atoms with E-state index in [1.807, 2.05) is 0 Å². The number of amides is 1. The van der Waals surface area contributed by atoms with E-state index in [2.05, 4.69) is 0 Å². The first-order chi connectivity index (χ1) is 9.40. The molecule has 1 amide bonds. The molecule has 20 heavy (non-hydrogen) atoms. The summed E-state index contributed by atoms with van der Waals surface area (Å²) in [6.45, 7) is 1.45. The number of nitrogen functional groups attached to an aromatic ring is 1. The van der Waals surface area contributed by atoms with Crippen molar-refractivity contribution >= 4 is 21.4 Å². The summed E-state index contributed by atoms with van der Waals surface area (Å²) in [7, 11) is -4.02. The highest BCUT2D eigenvalue weighted by molar-refractivity contribution is 7.92. The first-order valence-electron chi connectivity index (χ1n) is 6.03. The van der Waals surface area contributed by atoms with Gasteiger partial charge in [0, 0.05) is 18.8 Å². The van der Waals surface area contributed by atoms with Crippen LogP contribution in [0.2, 0.25) is 0 Å². The minimum Gasteiger partial charge on any atom is -0.399 e. The molecule has 0 aromatic heterocycles. The second kappa shape index (κ2) is 5.76. The molecule has 1 aromatic carbocycles. The molecule has 0 unspecified atom stereocenters. The minimum absolute atomic E-state index is 0.126. The van der Waals surface area contributed by atoms with E-state index in [1.165, 1.54) is 11.0 Å². The summed E-state index contributed by atoms with van der Waals surface area (Å²) in [5, 5.41) is 0. The van der Waals surface area contributed by atoms with E-state index in [9.17, 15) is 17.6 Å². The maximum absolute atomic E-state index is 13.6. The normalized spacial score (nSPS) is 16.1. The minimum atomic E-state index is -4.02. The lowest BCUT2D eigenvalue weighted by Gasteiger charge is -2.26. The van der Waals surface area contributed by atoms with E-state index in [0.717, 1.165) is 12.1 Å². The third-order valence-corrected chi connectivity index (χ3v) is 4.60. The van der Waals surface area contributed by atoms with Crippen molar-refractivity contribution in [1.29, 1.82) is 0 Å². The number of nitrogens with zero attached hydrogens (tertiary/aromatic N) is 1. The van der Waals surface area contributed by atoms with Crippen molar-refractivity contribution in [3.05, 3.63) is 24.0 Å². The van der Waals surface area contributed by atoms with Gasteiger partial charge in [0.1, 0.15) is 16.5 Å². The molecule has 1 saturated heterocycles. The molecule has 1 heterocycles. The van der Waals surface area contributed by atoms with E-state index >= 15 is 0 Å². The van der Waals surface area contributed by atoms with Crippen molar-refractivity contribution in [3.63, 3.8) is 0 Å². The largest absolute Gasteiger partial charge is 0.399 e. The van der Waals surface area contributed by atoms with Gasteiger partial charge in [0.15, 0.2) is 9.84 Å². The Balaban J connectivity index is 2.16. The predicted molar refractivity (Wildman–Crippen MR) is 70.3 cm³/mol. The Labute approximate surface area is 116 Å². The van der Waals surface area contributed by atoms with Gasteiger partial charge in [-0.15, -0.1) is 0 Å². The van der Waals surface area contributed by atoms with Crippen LogP contribution in [0, 0.1) is 5.82 Å². The second-order valence-electron chi connectivity index (χ2n) is 4.44. The summed E-state index contributed by atoms with van der Waals surface area (Å²) in [6, 6.07) is 3.29. The number of sulfone groups is 1. The topological polar surface area (TPSA) is 89.7 Å². The molecule has 0 spiro atoms. The van der Waals surface area contributed by atoms with Crippen molar-refractivity contribution in [3.8, 4) is 0 Å². The molecule has 1 aliphatic heterocycles. The number of ether oxygens (including phenoxy) is 1. The Hall–Kier alpha value is -1.67. The highest BCUT2D eigenvalue weighted by Gasteiger charge is 2.26. The molecule has 0 saturated carbocycles. The van der Waals surface area contributed by atoms with Gasteiger partial charge in [-0.2, -0.15) is 0 Å². The lowest BCUT2D eigenvalue weighted by Crippen LogP contribution is -2.43. The molecular formula is C12H15FN2O4S. The van der Waals surface area contributed by atoms with Crippen molar-refractivity contribution in [1.82, 2.24) is 4.90 Å². The van der Waals surface area contributed by atoms with Crippen molar-refractivity contribution in [2.45, 2.75) is 4.90 Å². The Morgan fingerprint density at radius 3 is 2.60 bits per heavy atom. The molecule has 1 aliphatic rings. The van der Waals surface area contributed by atoms with Crippen LogP contribution >= 0.6 is 0 Å². The zero-order valence-electron chi connectivity index (χ0n) is 10.7. The lowest BCUT2D eigenvalue weighted by atomic mass is 10.3. The number of nitrogens with two attached hydrogens (primary N) is 1. The molecule has 1 aromatic rings. The predicted octanol–water partition coefficient (Wildman–Crippen LogP) is 0.0404. The SMILES string of the molecule is Nc1ccc(S(=O)(=O)CC(=O)N2CCOCC2)c(F)c1. The highest BCUT2D eigenvalue weighted by Crippen LogP contribution is 2.19. The number of rotatable bonds is 3. The molecule has 0 bridgehead atoms. The van der Waals surface area contributed by atoms with Crippen LogP contribution in [0.4, 0.5) is 10.1 Å². The molecule has 8 heteroatoms. The fourth-order valence-corrected chi connectivity index (χ4v) is 3.21. The van der Waals surface area contributed by atoms with Crippen LogP contribution in [0.1, 0.15) is 0 Å². The first-order valence-corrected chi connectivity index (χ1v) is 7.69. The van der Waals surface area contributed by atoms with Gasteiger partial charge in [-0.3, -0.25) is 4.79 Å². The van der Waals surface area contributed by atoms with E-state index in [1.54, 1.807) is 0 Å². The lowest BCUT2D eigenvalue weighted by molar-refractivity contribution is -0.132. The Morgan fingerprint density at radius 1 is 1.35 bits per heavy atom. The summed E-state index contributed by atoms with van der Waals surface area (Å²) in [5.41, 5.74) is 5.49. The quantitative estimate of drug-likeness (QED) is 0.796. The van der Waals surface area contributed by atoms with Crippen LogP contribution < -0.4 is 5.73 Å². The van der Waals surface area contributed by atoms with Crippen LogP contribution in [0.5, 0.6) is 0 Å². The average Bonchev–Trinajstić information content (AvgIpc) is 2.38. The summed E-state index contributed by atoms with van der Waals surface area (Å²) in [6.07, 6.45) is 0. The summed E-state index contributed by atoms with van der Waals surface area (Å²) >= 11 is 0. The van der Waals surface area contributed by atoms with E-state index in [0.29, 0.717) is 26.3 Å². The van der Waals surface area contributed by atoms with Crippen LogP contribution in [0.25, 0.3) is 0 Å². The van der Waals surface area contributed by atoms with E-state index in [-0.39, 0.29) is 5.69 Å². The smallest absolute Gasteiger partial charge is 0.238 e. The van der Waals surface area contributed by atoms with Crippen molar-refractivity contribution < 1.29 is 22.3 Å². The van der Waals surface area contributed by atoms with Crippen LogP contribution in [0.3, 0.4) is 0 Å². The third-order valence-electron chi connectivity index (χ3n) is 2.97. The maximum Gasteiger partial charge on any atom is 0.238 e.